The van der Waals surface area contributed by atoms with Gasteiger partial charge in [0.15, 0.2) is 5.60 Å². The van der Waals surface area contributed by atoms with E-state index in [0.29, 0.717) is 10.6 Å². The number of halogens is 2. The van der Waals surface area contributed by atoms with Crippen molar-refractivity contribution >= 4 is 33.4 Å². The second kappa shape index (κ2) is 3.88. The Balaban J connectivity index is 3.26. The van der Waals surface area contributed by atoms with Gasteiger partial charge in [-0.05, 0) is 19.1 Å². The molecule has 0 aliphatic rings. The minimum Gasteiger partial charge on any atom is -0.375 e. The molecule has 1 rings (SSSR count). The fraction of sp³-hybridized carbons (Fsp3) is 0.222. The zero-order chi connectivity index (χ0) is 10.9. The van der Waals surface area contributed by atoms with Crippen LogP contribution in [0.1, 0.15) is 12.5 Å². The van der Waals surface area contributed by atoms with Crippen LogP contribution >= 0.6 is 27.5 Å². The summed E-state index contributed by atoms with van der Waals surface area (Å²) in [6, 6.07) is 4.82. The molecular formula is C9H9BrClNO2. The molecule has 1 aromatic rings. The van der Waals surface area contributed by atoms with Crippen molar-refractivity contribution < 1.29 is 9.90 Å². The molecule has 0 aromatic heterocycles. The Hall–Kier alpha value is -0.580. The zero-order valence-corrected chi connectivity index (χ0v) is 9.76. The third-order valence-electron chi connectivity index (χ3n) is 1.94. The van der Waals surface area contributed by atoms with Crippen LogP contribution in [0, 0.1) is 0 Å². The van der Waals surface area contributed by atoms with Crippen LogP contribution in [-0.2, 0) is 10.4 Å². The van der Waals surface area contributed by atoms with Crippen molar-refractivity contribution in [1.29, 1.82) is 0 Å². The molecule has 0 aliphatic heterocycles. The Bertz CT molecular complexity index is 379. The summed E-state index contributed by atoms with van der Waals surface area (Å²) < 4.78 is 0.770. The minimum atomic E-state index is -1.74. The summed E-state index contributed by atoms with van der Waals surface area (Å²) in [6.07, 6.45) is 0. The van der Waals surface area contributed by atoms with Gasteiger partial charge in [0, 0.05) is 15.1 Å². The highest BCUT2D eigenvalue weighted by molar-refractivity contribution is 9.10. The Labute approximate surface area is 95.0 Å². The fourth-order valence-corrected chi connectivity index (χ4v) is 1.87. The highest BCUT2D eigenvalue weighted by atomic mass is 79.9. The topological polar surface area (TPSA) is 63.3 Å². The lowest BCUT2D eigenvalue weighted by atomic mass is 9.95. The largest absolute Gasteiger partial charge is 0.375 e. The first-order valence-electron chi connectivity index (χ1n) is 3.83. The molecule has 0 bridgehead atoms. The second-order valence-electron chi connectivity index (χ2n) is 3.06. The smallest absolute Gasteiger partial charge is 0.253 e. The van der Waals surface area contributed by atoms with Crippen molar-refractivity contribution in [3.05, 3.63) is 33.3 Å². The Morgan fingerprint density at radius 1 is 1.64 bits per heavy atom. The summed E-state index contributed by atoms with van der Waals surface area (Å²) in [7, 11) is 0. The van der Waals surface area contributed by atoms with E-state index in [1.807, 2.05) is 0 Å². The van der Waals surface area contributed by atoms with E-state index in [1.165, 1.54) is 6.92 Å². The highest BCUT2D eigenvalue weighted by Crippen LogP contribution is 2.30. The van der Waals surface area contributed by atoms with Crippen LogP contribution in [0.3, 0.4) is 0 Å². The second-order valence-corrected chi connectivity index (χ2v) is 4.38. The van der Waals surface area contributed by atoms with E-state index in [-0.39, 0.29) is 0 Å². The standard InChI is InChI=1S/C9H9BrClNO2/c1-9(14,8(12)13)6-3-2-5(10)4-7(6)11/h2-4,14H,1H3,(H2,12,13). The number of carbonyl (C=O) groups is 1. The molecule has 1 amide bonds. The van der Waals surface area contributed by atoms with E-state index in [2.05, 4.69) is 15.9 Å². The van der Waals surface area contributed by atoms with Gasteiger partial charge in [-0.1, -0.05) is 33.6 Å². The molecule has 3 nitrogen and oxygen atoms in total. The van der Waals surface area contributed by atoms with E-state index >= 15 is 0 Å². The van der Waals surface area contributed by atoms with Crippen molar-refractivity contribution in [1.82, 2.24) is 0 Å². The molecule has 0 spiro atoms. The van der Waals surface area contributed by atoms with E-state index in [9.17, 15) is 9.90 Å². The molecule has 0 fully saturated rings. The number of carbonyl (C=O) groups excluding carboxylic acids is 1. The monoisotopic (exact) mass is 277 g/mol. The number of benzene rings is 1. The molecule has 1 aromatic carbocycles. The summed E-state index contributed by atoms with van der Waals surface area (Å²) in [6.45, 7) is 1.31. The lowest BCUT2D eigenvalue weighted by Crippen LogP contribution is -2.38. The number of hydrogen-bond acceptors (Lipinski definition) is 2. The quantitative estimate of drug-likeness (QED) is 0.866. The number of aliphatic hydroxyl groups is 1. The molecular weight excluding hydrogens is 269 g/mol. The molecule has 0 aliphatic carbocycles. The van der Waals surface area contributed by atoms with Crippen LogP contribution in [0.25, 0.3) is 0 Å². The van der Waals surface area contributed by atoms with Crippen molar-refractivity contribution in [3.8, 4) is 0 Å². The zero-order valence-electron chi connectivity index (χ0n) is 7.42. The Morgan fingerprint density at radius 2 is 2.21 bits per heavy atom. The van der Waals surface area contributed by atoms with E-state index < -0.39 is 11.5 Å². The van der Waals surface area contributed by atoms with Gasteiger partial charge in [0.2, 0.25) is 0 Å². The Kier molecular flexibility index (Phi) is 3.19. The third kappa shape index (κ3) is 2.08. The van der Waals surface area contributed by atoms with E-state index in [0.717, 1.165) is 4.47 Å². The maximum atomic E-state index is 11.0. The lowest BCUT2D eigenvalue weighted by molar-refractivity contribution is -0.135. The van der Waals surface area contributed by atoms with Crippen molar-refractivity contribution in [3.63, 3.8) is 0 Å². The molecule has 14 heavy (non-hydrogen) atoms. The first kappa shape index (κ1) is 11.5. The molecule has 0 saturated carbocycles. The van der Waals surface area contributed by atoms with Crippen LogP contribution < -0.4 is 5.73 Å². The molecule has 5 heteroatoms. The third-order valence-corrected chi connectivity index (χ3v) is 2.74. The summed E-state index contributed by atoms with van der Waals surface area (Å²) in [5.41, 5.74) is 3.61. The lowest BCUT2D eigenvalue weighted by Gasteiger charge is -2.20. The summed E-state index contributed by atoms with van der Waals surface area (Å²) in [4.78, 5) is 11.0. The average Bonchev–Trinajstić information content (AvgIpc) is 2.02. The Morgan fingerprint density at radius 3 is 2.64 bits per heavy atom. The van der Waals surface area contributed by atoms with E-state index in [1.54, 1.807) is 18.2 Å². The van der Waals surface area contributed by atoms with Gasteiger partial charge in [-0.15, -0.1) is 0 Å². The number of primary amides is 1. The number of hydrogen-bond donors (Lipinski definition) is 2. The van der Waals surface area contributed by atoms with Gasteiger partial charge < -0.3 is 10.8 Å². The first-order valence-corrected chi connectivity index (χ1v) is 5.00. The average molecular weight is 279 g/mol. The van der Waals surface area contributed by atoms with Gasteiger partial charge in [-0.2, -0.15) is 0 Å². The molecule has 1 unspecified atom stereocenters. The number of nitrogens with two attached hydrogens (primary N) is 1. The molecule has 76 valence electrons. The molecule has 1 atom stereocenters. The van der Waals surface area contributed by atoms with Crippen molar-refractivity contribution in [2.24, 2.45) is 5.73 Å². The molecule has 0 saturated heterocycles. The summed E-state index contributed by atoms with van der Waals surface area (Å²) in [5.74, 6) is -0.832. The van der Waals surface area contributed by atoms with Gasteiger partial charge >= 0.3 is 0 Å². The van der Waals surface area contributed by atoms with Gasteiger partial charge in [0.25, 0.3) is 5.91 Å². The van der Waals surface area contributed by atoms with Crippen LogP contribution in [0.5, 0.6) is 0 Å². The molecule has 3 N–H and O–H groups in total. The van der Waals surface area contributed by atoms with Crippen molar-refractivity contribution in [2.75, 3.05) is 0 Å². The SMILES string of the molecule is CC(O)(C(N)=O)c1ccc(Br)cc1Cl. The van der Waals surface area contributed by atoms with Crippen LogP contribution in [0.15, 0.2) is 22.7 Å². The van der Waals surface area contributed by atoms with Crippen molar-refractivity contribution in [2.45, 2.75) is 12.5 Å². The van der Waals surface area contributed by atoms with Crippen LogP contribution in [0.2, 0.25) is 5.02 Å². The number of rotatable bonds is 2. The van der Waals surface area contributed by atoms with Gasteiger partial charge in [-0.25, -0.2) is 0 Å². The van der Waals surface area contributed by atoms with Crippen LogP contribution in [-0.4, -0.2) is 11.0 Å². The maximum absolute atomic E-state index is 11.0. The maximum Gasteiger partial charge on any atom is 0.253 e. The van der Waals surface area contributed by atoms with E-state index in [4.69, 9.17) is 17.3 Å². The highest BCUT2D eigenvalue weighted by Gasteiger charge is 2.31. The molecule has 0 radical (unpaired) electrons. The number of amides is 1. The fourth-order valence-electron chi connectivity index (χ4n) is 1.02. The molecule has 0 heterocycles. The normalized spacial score (nSPS) is 14.9. The van der Waals surface area contributed by atoms with Gasteiger partial charge in [0.05, 0.1) is 0 Å². The van der Waals surface area contributed by atoms with Gasteiger partial charge in [0.1, 0.15) is 0 Å². The summed E-state index contributed by atoms with van der Waals surface area (Å²) >= 11 is 9.08. The minimum absolute atomic E-state index is 0.295. The summed E-state index contributed by atoms with van der Waals surface area (Å²) in [5, 5.41) is 10.1. The first-order chi connectivity index (χ1) is 6.35. The van der Waals surface area contributed by atoms with Crippen LogP contribution in [0.4, 0.5) is 0 Å². The van der Waals surface area contributed by atoms with Gasteiger partial charge in [-0.3, -0.25) is 4.79 Å². The predicted molar refractivity (Wildman–Crippen MR) is 57.9 cm³/mol. The predicted octanol–water partition coefficient (Wildman–Crippen LogP) is 1.80.